The molecule has 0 heterocycles. The van der Waals surface area contributed by atoms with Crippen LogP contribution >= 0.6 is 11.1 Å². The summed E-state index contributed by atoms with van der Waals surface area (Å²) in [6.07, 6.45) is 0. The smallest absolute Gasteiger partial charge is 0.150 e. The second-order valence-corrected chi connectivity index (χ2v) is 8.58. The molecule has 0 aliphatic rings. The molecule has 0 atom stereocenters. The molecule has 0 saturated carbocycles. The summed E-state index contributed by atoms with van der Waals surface area (Å²) >= 11 is 6.38. The highest BCUT2D eigenvalue weighted by molar-refractivity contribution is 7.31. The molecule has 0 N–H and O–H groups in total. The third-order valence-electron chi connectivity index (χ3n) is 1.76. The molecule has 0 amide bonds. The Labute approximate surface area is 75.0 Å². The predicted octanol–water partition coefficient (Wildman–Crippen LogP) is 3.52. The molecule has 0 fully saturated rings. The SMILES string of the molecule is C=C(C)[Si](Cl)(C(=C)C)C(=C)C. The topological polar surface area (TPSA) is 0 Å². The molecule has 0 aromatic carbocycles. The molecule has 0 unspecified atom stereocenters. The quantitative estimate of drug-likeness (QED) is 0.468. The lowest BCUT2D eigenvalue weighted by atomic mass is 10.7. The lowest BCUT2D eigenvalue weighted by Gasteiger charge is -2.25. The van der Waals surface area contributed by atoms with E-state index in [2.05, 4.69) is 19.7 Å². The van der Waals surface area contributed by atoms with Gasteiger partial charge in [-0.1, -0.05) is 15.6 Å². The minimum absolute atomic E-state index is 1.01. The van der Waals surface area contributed by atoms with Crippen LogP contribution in [0, 0.1) is 0 Å². The van der Waals surface area contributed by atoms with Crippen molar-refractivity contribution in [2.75, 3.05) is 0 Å². The van der Waals surface area contributed by atoms with Crippen LogP contribution < -0.4 is 0 Å². The zero-order valence-corrected chi connectivity index (χ0v) is 9.26. The van der Waals surface area contributed by atoms with Gasteiger partial charge in [0.25, 0.3) is 0 Å². The van der Waals surface area contributed by atoms with Crippen LogP contribution in [0.5, 0.6) is 0 Å². The van der Waals surface area contributed by atoms with Gasteiger partial charge in [-0.2, -0.15) is 0 Å². The summed E-state index contributed by atoms with van der Waals surface area (Å²) in [6.45, 7) is 17.5. The van der Waals surface area contributed by atoms with Crippen LogP contribution in [0.1, 0.15) is 20.8 Å². The minimum Gasteiger partial charge on any atom is -0.150 e. The summed E-state index contributed by atoms with van der Waals surface area (Å²) in [5, 5.41) is 3.04. The molecule has 0 bridgehead atoms. The van der Waals surface area contributed by atoms with Gasteiger partial charge >= 0.3 is 0 Å². The lowest BCUT2D eigenvalue weighted by molar-refractivity contribution is 1.51. The van der Waals surface area contributed by atoms with E-state index in [1.165, 1.54) is 0 Å². The molecule has 0 aromatic rings. The molecule has 0 rings (SSSR count). The maximum atomic E-state index is 6.38. The van der Waals surface area contributed by atoms with Crippen molar-refractivity contribution < 1.29 is 0 Å². The molecule has 0 aliphatic heterocycles. The van der Waals surface area contributed by atoms with Crippen molar-refractivity contribution in [1.82, 2.24) is 0 Å². The van der Waals surface area contributed by atoms with Crippen LogP contribution in [-0.4, -0.2) is 7.38 Å². The van der Waals surface area contributed by atoms with E-state index in [1.54, 1.807) is 0 Å². The van der Waals surface area contributed by atoms with Gasteiger partial charge in [0.05, 0.1) is 0 Å². The van der Waals surface area contributed by atoms with Crippen LogP contribution in [-0.2, 0) is 0 Å². The molecule has 2 heteroatoms. The number of halogens is 1. The van der Waals surface area contributed by atoms with E-state index in [0.717, 1.165) is 15.6 Å². The van der Waals surface area contributed by atoms with Gasteiger partial charge in [0, 0.05) is 0 Å². The highest BCUT2D eigenvalue weighted by Crippen LogP contribution is 2.31. The average Bonchev–Trinajstić information content (AvgIpc) is 1.84. The van der Waals surface area contributed by atoms with E-state index in [0.29, 0.717) is 0 Å². The van der Waals surface area contributed by atoms with E-state index in [9.17, 15) is 0 Å². The van der Waals surface area contributed by atoms with Gasteiger partial charge in [0.2, 0.25) is 7.38 Å². The van der Waals surface area contributed by atoms with Crippen molar-refractivity contribution in [3.05, 3.63) is 35.3 Å². The second kappa shape index (κ2) is 3.42. The van der Waals surface area contributed by atoms with Crippen molar-refractivity contribution in [3.63, 3.8) is 0 Å². The Kier molecular flexibility index (Phi) is 3.33. The van der Waals surface area contributed by atoms with Crippen molar-refractivity contribution in [3.8, 4) is 0 Å². The van der Waals surface area contributed by atoms with Gasteiger partial charge in [0.1, 0.15) is 0 Å². The summed E-state index contributed by atoms with van der Waals surface area (Å²) in [6, 6.07) is 0. The highest BCUT2D eigenvalue weighted by Gasteiger charge is 2.33. The van der Waals surface area contributed by atoms with E-state index in [-0.39, 0.29) is 0 Å². The summed E-state index contributed by atoms with van der Waals surface area (Å²) in [7, 11) is -2.09. The third kappa shape index (κ3) is 1.85. The maximum Gasteiger partial charge on any atom is 0.233 e. The molecule has 0 spiro atoms. The van der Waals surface area contributed by atoms with Gasteiger partial charge in [0.15, 0.2) is 0 Å². The van der Waals surface area contributed by atoms with Gasteiger partial charge in [-0.25, -0.2) is 0 Å². The van der Waals surface area contributed by atoms with Gasteiger partial charge < -0.3 is 0 Å². The fourth-order valence-electron chi connectivity index (χ4n) is 1.09. The predicted molar refractivity (Wildman–Crippen MR) is 56.0 cm³/mol. The Morgan fingerprint density at radius 3 is 1.09 bits per heavy atom. The van der Waals surface area contributed by atoms with E-state index in [4.69, 9.17) is 11.1 Å². The zero-order chi connectivity index (χ0) is 9.23. The normalized spacial score (nSPS) is 10.9. The van der Waals surface area contributed by atoms with Gasteiger partial charge in [-0.05, 0) is 20.8 Å². The van der Waals surface area contributed by atoms with E-state index >= 15 is 0 Å². The van der Waals surface area contributed by atoms with E-state index in [1.807, 2.05) is 20.8 Å². The molecule has 11 heavy (non-hydrogen) atoms. The third-order valence-corrected chi connectivity index (χ3v) is 8.20. The van der Waals surface area contributed by atoms with Crippen LogP contribution in [0.4, 0.5) is 0 Å². The van der Waals surface area contributed by atoms with Crippen LogP contribution in [0.3, 0.4) is 0 Å². The monoisotopic (exact) mass is 186 g/mol. The molecule has 0 aromatic heterocycles. The maximum absolute atomic E-state index is 6.38. The fourth-order valence-corrected chi connectivity index (χ4v) is 3.28. The Morgan fingerprint density at radius 2 is 1.09 bits per heavy atom. The molecule has 62 valence electrons. The first-order valence-corrected chi connectivity index (χ1v) is 6.51. The lowest BCUT2D eigenvalue weighted by Crippen LogP contribution is -2.32. The average molecular weight is 187 g/mol. The second-order valence-electron chi connectivity index (χ2n) is 3.00. The van der Waals surface area contributed by atoms with Crippen LogP contribution in [0.25, 0.3) is 0 Å². The first kappa shape index (κ1) is 10.7. The number of hydrogen-bond donors (Lipinski definition) is 0. The molecule has 0 radical (unpaired) electrons. The fraction of sp³-hybridized carbons (Fsp3) is 0.333. The summed E-state index contributed by atoms with van der Waals surface area (Å²) < 4.78 is 0. The zero-order valence-electron chi connectivity index (χ0n) is 7.50. The Bertz CT molecular complexity index is 180. The Hall–Kier alpha value is -0.273. The summed E-state index contributed by atoms with van der Waals surface area (Å²) in [5.41, 5.74) is 0. The molecule has 0 nitrogen and oxygen atoms in total. The Balaban J connectivity index is 4.99. The molecule has 0 saturated heterocycles. The van der Waals surface area contributed by atoms with E-state index < -0.39 is 7.38 Å². The molecular formula is C9H15ClSi. The standard InChI is InChI=1S/C9H15ClSi/c1-7(2)11(10,8(3)4)9(5)6/h1,3,5H2,2,4,6H3. The van der Waals surface area contributed by atoms with Gasteiger partial charge in [-0.15, -0.1) is 30.8 Å². The van der Waals surface area contributed by atoms with Crippen molar-refractivity contribution in [2.45, 2.75) is 20.8 Å². The van der Waals surface area contributed by atoms with Crippen LogP contribution in [0.15, 0.2) is 35.3 Å². The van der Waals surface area contributed by atoms with Crippen molar-refractivity contribution in [2.24, 2.45) is 0 Å². The number of hydrogen-bond acceptors (Lipinski definition) is 0. The number of rotatable bonds is 3. The Morgan fingerprint density at radius 1 is 0.909 bits per heavy atom. The molecular weight excluding hydrogens is 172 g/mol. The van der Waals surface area contributed by atoms with Crippen molar-refractivity contribution >= 4 is 18.5 Å². The first-order valence-electron chi connectivity index (χ1n) is 3.50. The molecule has 0 aliphatic carbocycles. The van der Waals surface area contributed by atoms with Crippen molar-refractivity contribution in [1.29, 1.82) is 0 Å². The number of allylic oxidation sites excluding steroid dienone is 3. The van der Waals surface area contributed by atoms with Crippen LogP contribution in [0.2, 0.25) is 0 Å². The first-order chi connectivity index (χ1) is 4.83. The largest absolute Gasteiger partial charge is 0.233 e. The highest BCUT2D eigenvalue weighted by atomic mass is 35.6. The summed E-state index contributed by atoms with van der Waals surface area (Å²) in [4.78, 5) is 0. The summed E-state index contributed by atoms with van der Waals surface area (Å²) in [5.74, 6) is 0. The van der Waals surface area contributed by atoms with Gasteiger partial charge in [-0.3, -0.25) is 0 Å². The minimum atomic E-state index is -2.09.